The fourth-order valence-electron chi connectivity index (χ4n) is 4.37. The number of carbonyl (C=O) groups is 2. The van der Waals surface area contributed by atoms with Gasteiger partial charge in [0, 0.05) is 51.2 Å². The first-order chi connectivity index (χ1) is 15.9. The van der Waals surface area contributed by atoms with Gasteiger partial charge in [-0.1, -0.05) is 26.0 Å². The molecule has 3 N–H and O–H groups in total. The average molecular weight is 456 g/mol. The molecule has 1 aliphatic heterocycles. The maximum absolute atomic E-state index is 13.4. The number of rotatable bonds is 9. The van der Waals surface area contributed by atoms with E-state index in [0.29, 0.717) is 44.1 Å². The molecule has 1 unspecified atom stereocenters. The number of nitrogens with zero attached hydrogens (tertiary/aromatic N) is 3. The van der Waals surface area contributed by atoms with Gasteiger partial charge in [-0.05, 0) is 48.6 Å². The molecule has 1 saturated heterocycles. The number of nitrogens with two attached hydrogens (primary N) is 1. The molecule has 33 heavy (non-hydrogen) atoms. The summed E-state index contributed by atoms with van der Waals surface area (Å²) in [5.74, 6) is -0.213. The highest BCUT2D eigenvalue weighted by Crippen LogP contribution is 2.26. The Balaban J connectivity index is 1.81. The van der Waals surface area contributed by atoms with E-state index < -0.39 is 6.04 Å². The van der Waals surface area contributed by atoms with Gasteiger partial charge in [0.05, 0.1) is 5.56 Å². The van der Waals surface area contributed by atoms with Gasteiger partial charge in [-0.25, -0.2) is 4.39 Å². The molecular weight excluding hydrogens is 421 g/mol. The minimum atomic E-state index is -0.592. The van der Waals surface area contributed by atoms with Gasteiger partial charge in [0.1, 0.15) is 11.9 Å². The Morgan fingerprint density at radius 3 is 2.67 bits per heavy atom. The van der Waals surface area contributed by atoms with Crippen molar-refractivity contribution >= 4 is 11.8 Å². The number of hydrogen-bond acceptors (Lipinski definition) is 5. The lowest BCUT2D eigenvalue weighted by molar-refractivity contribution is -0.127. The van der Waals surface area contributed by atoms with Crippen LogP contribution in [0.25, 0.3) is 0 Å². The van der Waals surface area contributed by atoms with Crippen molar-refractivity contribution in [2.45, 2.75) is 45.3 Å². The number of carbonyl (C=O) groups excluding carboxylic acids is 2. The van der Waals surface area contributed by atoms with Crippen LogP contribution in [-0.4, -0.2) is 64.9 Å². The van der Waals surface area contributed by atoms with E-state index in [2.05, 4.69) is 29.0 Å². The molecule has 1 aromatic heterocycles. The maximum Gasteiger partial charge on any atom is 0.256 e. The van der Waals surface area contributed by atoms with Gasteiger partial charge in [-0.3, -0.25) is 19.5 Å². The number of hydrogen-bond donors (Lipinski definition) is 2. The van der Waals surface area contributed by atoms with Crippen molar-refractivity contribution < 1.29 is 14.0 Å². The van der Waals surface area contributed by atoms with E-state index in [1.807, 2.05) is 0 Å². The molecule has 2 amide bonds. The van der Waals surface area contributed by atoms with Crippen molar-refractivity contribution in [3.8, 4) is 0 Å². The third kappa shape index (κ3) is 6.82. The van der Waals surface area contributed by atoms with Crippen molar-refractivity contribution in [1.82, 2.24) is 20.1 Å². The molecule has 8 heteroatoms. The fourth-order valence-corrected chi connectivity index (χ4v) is 4.37. The normalized spacial score (nSPS) is 18.5. The van der Waals surface area contributed by atoms with E-state index in [9.17, 15) is 14.0 Å². The maximum atomic E-state index is 13.4. The smallest absolute Gasteiger partial charge is 0.256 e. The monoisotopic (exact) mass is 455 g/mol. The number of halogens is 1. The summed E-state index contributed by atoms with van der Waals surface area (Å²) in [5, 5.41) is 2.86. The molecular formula is C25H34FN5O2. The molecule has 1 fully saturated rings. The molecule has 0 saturated carbocycles. The highest BCUT2D eigenvalue weighted by molar-refractivity contribution is 5.97. The van der Waals surface area contributed by atoms with Crippen LogP contribution in [-0.2, 0) is 11.3 Å². The Hall–Kier alpha value is -2.84. The number of likely N-dealkylation sites (tertiary alicyclic amines) is 1. The van der Waals surface area contributed by atoms with Gasteiger partial charge in [0.15, 0.2) is 0 Å². The van der Waals surface area contributed by atoms with E-state index in [4.69, 9.17) is 5.73 Å². The van der Waals surface area contributed by atoms with Crippen LogP contribution >= 0.6 is 0 Å². The van der Waals surface area contributed by atoms with E-state index in [0.717, 1.165) is 18.5 Å². The highest BCUT2D eigenvalue weighted by Gasteiger charge is 2.38. The second kappa shape index (κ2) is 11.9. The van der Waals surface area contributed by atoms with Crippen LogP contribution in [0.2, 0.25) is 0 Å². The Morgan fingerprint density at radius 2 is 2.03 bits per heavy atom. The van der Waals surface area contributed by atoms with Crippen molar-refractivity contribution in [1.29, 1.82) is 0 Å². The molecule has 178 valence electrons. The quantitative estimate of drug-likeness (QED) is 0.606. The third-order valence-corrected chi connectivity index (χ3v) is 5.91. The summed E-state index contributed by atoms with van der Waals surface area (Å²) < 4.78 is 13.4. The number of aromatic nitrogens is 1. The predicted octanol–water partition coefficient (Wildman–Crippen LogP) is 2.43. The zero-order valence-corrected chi connectivity index (χ0v) is 19.4. The number of piperidine rings is 1. The van der Waals surface area contributed by atoms with Crippen molar-refractivity contribution in [2.75, 3.05) is 26.2 Å². The van der Waals surface area contributed by atoms with Gasteiger partial charge in [0.2, 0.25) is 5.91 Å². The second-order valence-electron chi connectivity index (χ2n) is 8.96. The van der Waals surface area contributed by atoms with Crippen LogP contribution in [0.3, 0.4) is 0 Å². The lowest BCUT2D eigenvalue weighted by Crippen LogP contribution is -2.57. The van der Waals surface area contributed by atoms with Crippen molar-refractivity contribution in [3.05, 3.63) is 65.7 Å². The molecule has 0 spiro atoms. The molecule has 0 radical (unpaired) electrons. The molecule has 1 aromatic carbocycles. The van der Waals surface area contributed by atoms with Crippen LogP contribution in [0.15, 0.2) is 48.8 Å². The molecule has 2 atom stereocenters. The summed E-state index contributed by atoms with van der Waals surface area (Å²) >= 11 is 0. The van der Waals surface area contributed by atoms with Crippen LogP contribution in [0, 0.1) is 11.7 Å². The molecule has 0 bridgehead atoms. The average Bonchev–Trinajstić information content (AvgIpc) is 2.83. The first-order valence-electron chi connectivity index (χ1n) is 11.6. The molecule has 2 heterocycles. The van der Waals surface area contributed by atoms with Crippen LogP contribution in [0.4, 0.5) is 4.39 Å². The SMILES string of the molecule is CC(C)CN(Cc1ccc(F)cc1)C1CCN(C(=O)c2cccnc2)[C@@H](C(=O)NCCN)C1. The van der Waals surface area contributed by atoms with Crippen LogP contribution in [0.1, 0.15) is 42.6 Å². The molecule has 7 nitrogen and oxygen atoms in total. The Kier molecular flexibility index (Phi) is 8.91. The summed E-state index contributed by atoms with van der Waals surface area (Å²) in [6.45, 7) is 6.99. The second-order valence-corrected chi connectivity index (χ2v) is 8.96. The Bertz CT molecular complexity index is 907. The number of benzene rings is 1. The van der Waals surface area contributed by atoms with Crippen molar-refractivity contribution in [3.63, 3.8) is 0 Å². The van der Waals surface area contributed by atoms with E-state index in [-0.39, 0.29) is 23.7 Å². The van der Waals surface area contributed by atoms with Crippen molar-refractivity contribution in [2.24, 2.45) is 11.7 Å². The van der Waals surface area contributed by atoms with Crippen LogP contribution < -0.4 is 11.1 Å². The zero-order valence-electron chi connectivity index (χ0n) is 19.4. The summed E-state index contributed by atoms with van der Waals surface area (Å²) in [6.07, 6.45) is 4.42. The number of amides is 2. The highest BCUT2D eigenvalue weighted by atomic mass is 19.1. The number of pyridine rings is 1. The topological polar surface area (TPSA) is 91.6 Å². The predicted molar refractivity (Wildman–Crippen MR) is 126 cm³/mol. The fraction of sp³-hybridized carbons (Fsp3) is 0.480. The summed E-state index contributed by atoms with van der Waals surface area (Å²) in [5.41, 5.74) is 7.07. The summed E-state index contributed by atoms with van der Waals surface area (Å²) in [7, 11) is 0. The van der Waals surface area contributed by atoms with Gasteiger partial charge >= 0.3 is 0 Å². The van der Waals surface area contributed by atoms with Gasteiger partial charge in [-0.2, -0.15) is 0 Å². The Morgan fingerprint density at radius 1 is 1.27 bits per heavy atom. The standard InChI is InChI=1S/C25H34FN5O2/c1-18(2)16-30(17-19-5-7-21(26)8-6-19)22-9-13-31(23(14-22)24(32)29-12-10-27)25(33)20-4-3-11-28-15-20/h3-8,11,15,18,22-23H,9-10,12-14,16-17,27H2,1-2H3,(H,29,32)/t22?,23-/m1/s1. The number of nitrogens with one attached hydrogen (secondary N) is 1. The molecule has 2 aromatic rings. The van der Waals surface area contributed by atoms with Crippen LogP contribution in [0.5, 0.6) is 0 Å². The van der Waals surface area contributed by atoms with Gasteiger partial charge < -0.3 is 16.0 Å². The van der Waals surface area contributed by atoms with E-state index in [1.54, 1.807) is 35.4 Å². The summed E-state index contributed by atoms with van der Waals surface area (Å²) in [4.78, 5) is 34.3. The minimum Gasteiger partial charge on any atom is -0.353 e. The molecule has 3 rings (SSSR count). The third-order valence-electron chi connectivity index (χ3n) is 5.91. The van der Waals surface area contributed by atoms with Gasteiger partial charge in [0.25, 0.3) is 5.91 Å². The Labute approximate surface area is 195 Å². The van der Waals surface area contributed by atoms with E-state index >= 15 is 0 Å². The zero-order chi connectivity index (χ0) is 23.8. The lowest BCUT2D eigenvalue weighted by Gasteiger charge is -2.43. The first-order valence-corrected chi connectivity index (χ1v) is 11.6. The largest absolute Gasteiger partial charge is 0.353 e. The minimum absolute atomic E-state index is 0.115. The van der Waals surface area contributed by atoms with E-state index in [1.165, 1.54) is 18.3 Å². The molecule has 1 aliphatic rings. The molecule has 0 aliphatic carbocycles. The first kappa shape index (κ1) is 24.8. The lowest BCUT2D eigenvalue weighted by atomic mass is 9.93. The summed E-state index contributed by atoms with van der Waals surface area (Å²) in [6, 6.07) is 9.51. The van der Waals surface area contributed by atoms with Gasteiger partial charge in [-0.15, -0.1) is 0 Å².